The summed E-state index contributed by atoms with van der Waals surface area (Å²) in [5.74, 6) is 0.503. The van der Waals surface area contributed by atoms with Crippen LogP contribution in [-0.2, 0) is 10.0 Å². The molecular formula is C20H26N2O4S. The molecule has 2 N–H and O–H groups in total. The SMILES string of the molecule is CCCCOc1ccc(C(=O)Nc2ccc(NS(=O)(=O)CC)c(C)c2)cc1. The fourth-order valence-electron chi connectivity index (χ4n) is 2.34. The third-order valence-corrected chi connectivity index (χ3v) is 5.30. The highest BCUT2D eigenvalue weighted by Crippen LogP contribution is 2.22. The largest absolute Gasteiger partial charge is 0.494 e. The van der Waals surface area contributed by atoms with Crippen LogP contribution in [0.15, 0.2) is 42.5 Å². The van der Waals surface area contributed by atoms with Crippen molar-refractivity contribution in [2.45, 2.75) is 33.6 Å². The summed E-state index contributed by atoms with van der Waals surface area (Å²) in [6.07, 6.45) is 2.06. The van der Waals surface area contributed by atoms with E-state index in [-0.39, 0.29) is 11.7 Å². The molecule has 6 nitrogen and oxygen atoms in total. The quantitative estimate of drug-likeness (QED) is 0.629. The predicted octanol–water partition coefficient (Wildman–Crippen LogP) is 4.19. The summed E-state index contributed by atoms with van der Waals surface area (Å²) in [7, 11) is -3.34. The predicted molar refractivity (Wildman–Crippen MR) is 109 cm³/mol. The van der Waals surface area contributed by atoms with Gasteiger partial charge >= 0.3 is 0 Å². The van der Waals surface area contributed by atoms with E-state index in [1.807, 2.05) is 0 Å². The molecule has 0 aromatic heterocycles. The number of amides is 1. The number of nitrogens with one attached hydrogen (secondary N) is 2. The molecule has 1 amide bonds. The number of hydrogen-bond acceptors (Lipinski definition) is 4. The van der Waals surface area contributed by atoms with Crippen molar-refractivity contribution in [2.75, 3.05) is 22.4 Å². The molecule has 7 heteroatoms. The van der Waals surface area contributed by atoms with Crippen LogP contribution in [0.3, 0.4) is 0 Å². The van der Waals surface area contributed by atoms with E-state index in [1.54, 1.807) is 56.3 Å². The van der Waals surface area contributed by atoms with Crippen molar-refractivity contribution in [1.82, 2.24) is 0 Å². The summed E-state index contributed by atoms with van der Waals surface area (Å²) in [4.78, 5) is 12.4. The number of hydrogen-bond donors (Lipinski definition) is 2. The van der Waals surface area contributed by atoms with E-state index in [9.17, 15) is 13.2 Å². The molecule has 0 heterocycles. The maximum Gasteiger partial charge on any atom is 0.255 e. The Kier molecular flexibility index (Phi) is 7.24. The van der Waals surface area contributed by atoms with Gasteiger partial charge in [-0.2, -0.15) is 0 Å². The Morgan fingerprint density at radius 2 is 1.78 bits per heavy atom. The van der Waals surface area contributed by atoms with Crippen LogP contribution < -0.4 is 14.8 Å². The van der Waals surface area contributed by atoms with Crippen LogP contribution in [-0.4, -0.2) is 26.7 Å². The zero-order valence-corrected chi connectivity index (χ0v) is 16.7. The molecule has 146 valence electrons. The van der Waals surface area contributed by atoms with Gasteiger partial charge in [-0.25, -0.2) is 8.42 Å². The molecule has 0 aliphatic carbocycles. The average molecular weight is 391 g/mol. The van der Waals surface area contributed by atoms with Gasteiger partial charge in [-0.05, 0) is 68.3 Å². The molecule has 2 aromatic rings. The highest BCUT2D eigenvalue weighted by atomic mass is 32.2. The molecule has 0 saturated carbocycles. The van der Waals surface area contributed by atoms with Crippen LogP contribution in [0.25, 0.3) is 0 Å². The van der Waals surface area contributed by atoms with E-state index in [0.29, 0.717) is 23.5 Å². The van der Waals surface area contributed by atoms with Gasteiger partial charge in [0.2, 0.25) is 10.0 Å². The van der Waals surface area contributed by atoms with E-state index in [0.717, 1.165) is 24.2 Å². The number of aryl methyl sites for hydroxylation is 1. The molecule has 0 fully saturated rings. The molecular weight excluding hydrogens is 364 g/mol. The van der Waals surface area contributed by atoms with E-state index in [2.05, 4.69) is 17.0 Å². The van der Waals surface area contributed by atoms with Crippen molar-refractivity contribution in [3.05, 3.63) is 53.6 Å². The van der Waals surface area contributed by atoms with Crippen LogP contribution in [0, 0.1) is 6.92 Å². The van der Waals surface area contributed by atoms with E-state index in [4.69, 9.17) is 4.74 Å². The highest BCUT2D eigenvalue weighted by molar-refractivity contribution is 7.92. The molecule has 27 heavy (non-hydrogen) atoms. The zero-order valence-electron chi connectivity index (χ0n) is 15.9. The van der Waals surface area contributed by atoms with Crippen LogP contribution >= 0.6 is 0 Å². The third-order valence-electron chi connectivity index (χ3n) is 4.01. The fourth-order valence-corrected chi connectivity index (χ4v) is 3.04. The fraction of sp³-hybridized carbons (Fsp3) is 0.350. The van der Waals surface area contributed by atoms with Gasteiger partial charge in [0.15, 0.2) is 0 Å². The summed E-state index contributed by atoms with van der Waals surface area (Å²) >= 11 is 0. The number of carbonyl (C=O) groups excluding carboxylic acids is 1. The molecule has 0 bridgehead atoms. The van der Waals surface area contributed by atoms with Crippen LogP contribution in [0.5, 0.6) is 5.75 Å². The minimum atomic E-state index is -3.34. The van der Waals surface area contributed by atoms with Crippen molar-refractivity contribution in [2.24, 2.45) is 0 Å². The van der Waals surface area contributed by atoms with Gasteiger partial charge in [0.25, 0.3) is 5.91 Å². The number of anilines is 2. The molecule has 0 spiro atoms. The van der Waals surface area contributed by atoms with E-state index in [1.165, 1.54) is 0 Å². The number of ether oxygens (including phenoxy) is 1. The Hall–Kier alpha value is -2.54. The lowest BCUT2D eigenvalue weighted by atomic mass is 10.1. The van der Waals surface area contributed by atoms with Gasteiger partial charge in [0, 0.05) is 11.3 Å². The lowest BCUT2D eigenvalue weighted by molar-refractivity contribution is 0.102. The minimum Gasteiger partial charge on any atom is -0.494 e. The summed E-state index contributed by atoms with van der Waals surface area (Å²) in [5, 5.41) is 2.82. The normalized spacial score (nSPS) is 11.1. The van der Waals surface area contributed by atoms with E-state index >= 15 is 0 Å². The standard InChI is InChI=1S/C20H26N2O4S/c1-4-6-13-26-18-10-7-16(8-11-18)20(23)21-17-9-12-19(15(3)14-17)22-27(24,25)5-2/h7-12,14,22H,4-6,13H2,1-3H3,(H,21,23). The molecule has 0 radical (unpaired) electrons. The first-order chi connectivity index (χ1) is 12.8. The Labute approximate surface area is 161 Å². The van der Waals surface area contributed by atoms with Gasteiger partial charge in [0.1, 0.15) is 5.75 Å². The molecule has 0 aliphatic rings. The molecule has 0 saturated heterocycles. The van der Waals surface area contributed by atoms with Gasteiger partial charge < -0.3 is 10.1 Å². The minimum absolute atomic E-state index is 0.00306. The summed E-state index contributed by atoms with van der Waals surface area (Å²) < 4.78 is 31.5. The first-order valence-corrected chi connectivity index (χ1v) is 10.6. The van der Waals surface area contributed by atoms with Crippen LogP contribution in [0.2, 0.25) is 0 Å². The molecule has 2 aromatic carbocycles. The lowest BCUT2D eigenvalue weighted by Crippen LogP contribution is -2.16. The second-order valence-electron chi connectivity index (χ2n) is 6.22. The van der Waals surface area contributed by atoms with Gasteiger partial charge in [-0.1, -0.05) is 13.3 Å². The van der Waals surface area contributed by atoms with E-state index < -0.39 is 10.0 Å². The molecule has 2 rings (SSSR count). The van der Waals surface area contributed by atoms with Crippen molar-refractivity contribution in [3.8, 4) is 5.75 Å². The maximum absolute atomic E-state index is 12.4. The summed E-state index contributed by atoms with van der Waals surface area (Å²) in [5.41, 5.74) is 2.35. The molecule has 0 atom stereocenters. The number of sulfonamides is 1. The topological polar surface area (TPSA) is 84.5 Å². The zero-order chi connectivity index (χ0) is 19.9. The maximum atomic E-state index is 12.4. The summed E-state index contributed by atoms with van der Waals surface area (Å²) in [6.45, 7) is 6.12. The Morgan fingerprint density at radius 3 is 2.37 bits per heavy atom. The van der Waals surface area contributed by atoms with Gasteiger partial charge in [-0.3, -0.25) is 9.52 Å². The molecule has 0 unspecified atom stereocenters. The highest BCUT2D eigenvalue weighted by Gasteiger charge is 2.11. The van der Waals surface area contributed by atoms with Gasteiger partial charge in [-0.15, -0.1) is 0 Å². The Bertz CT molecular complexity index is 877. The van der Waals surface area contributed by atoms with Crippen LogP contribution in [0.1, 0.15) is 42.6 Å². The number of unbranched alkanes of at least 4 members (excludes halogenated alkanes) is 1. The second-order valence-corrected chi connectivity index (χ2v) is 8.23. The first kappa shape index (κ1) is 20.8. The van der Waals surface area contributed by atoms with Gasteiger partial charge in [0.05, 0.1) is 18.0 Å². The Balaban J connectivity index is 2.02. The second kappa shape index (κ2) is 9.41. The Morgan fingerprint density at radius 1 is 1.07 bits per heavy atom. The number of benzene rings is 2. The lowest BCUT2D eigenvalue weighted by Gasteiger charge is -2.12. The van der Waals surface area contributed by atoms with Crippen molar-refractivity contribution in [3.63, 3.8) is 0 Å². The van der Waals surface area contributed by atoms with Crippen molar-refractivity contribution in [1.29, 1.82) is 0 Å². The van der Waals surface area contributed by atoms with Crippen LogP contribution in [0.4, 0.5) is 11.4 Å². The van der Waals surface area contributed by atoms with Crippen molar-refractivity contribution < 1.29 is 17.9 Å². The van der Waals surface area contributed by atoms with Crippen molar-refractivity contribution >= 4 is 27.3 Å². The average Bonchev–Trinajstić information content (AvgIpc) is 2.64. The number of rotatable bonds is 9. The number of carbonyl (C=O) groups is 1. The smallest absolute Gasteiger partial charge is 0.255 e. The molecule has 0 aliphatic heterocycles. The third kappa shape index (κ3) is 6.29. The monoisotopic (exact) mass is 390 g/mol. The summed E-state index contributed by atoms with van der Waals surface area (Å²) in [6, 6.07) is 12.0. The first-order valence-electron chi connectivity index (χ1n) is 9.00.